The number of hydrogen-bond donors (Lipinski definition) is 2. The third kappa shape index (κ3) is 1.30. The van der Waals surface area contributed by atoms with E-state index >= 15 is 0 Å². The van der Waals surface area contributed by atoms with Gasteiger partial charge in [0.05, 0.1) is 5.39 Å². The fourth-order valence-electron chi connectivity index (χ4n) is 1.56. The molecule has 2 N–H and O–H groups in total. The van der Waals surface area contributed by atoms with Gasteiger partial charge in [-0.3, -0.25) is 4.98 Å². The molecule has 0 aliphatic carbocycles. The monoisotopic (exact) mass is 212 g/mol. The highest BCUT2D eigenvalue weighted by Gasteiger charge is 2.08. The SMILES string of the molecule is Oc1nc(-c2ccncc2)nc2[nH]ccc12. The molecule has 5 nitrogen and oxygen atoms in total. The molecule has 3 aromatic heterocycles. The van der Waals surface area contributed by atoms with Gasteiger partial charge < -0.3 is 10.1 Å². The zero-order chi connectivity index (χ0) is 11.0. The summed E-state index contributed by atoms with van der Waals surface area (Å²) >= 11 is 0. The summed E-state index contributed by atoms with van der Waals surface area (Å²) in [6.45, 7) is 0. The van der Waals surface area contributed by atoms with Gasteiger partial charge in [0.2, 0.25) is 5.88 Å². The quantitative estimate of drug-likeness (QED) is 0.644. The lowest BCUT2D eigenvalue weighted by atomic mass is 10.2. The third-order valence-electron chi connectivity index (χ3n) is 2.33. The van der Waals surface area contributed by atoms with Crippen LogP contribution in [0.4, 0.5) is 0 Å². The molecule has 0 unspecified atom stereocenters. The number of hydrogen-bond acceptors (Lipinski definition) is 4. The summed E-state index contributed by atoms with van der Waals surface area (Å²) in [6.07, 6.45) is 5.04. The molecule has 0 radical (unpaired) electrons. The first-order valence-corrected chi connectivity index (χ1v) is 4.79. The molecule has 0 amide bonds. The molecule has 0 aromatic carbocycles. The van der Waals surface area contributed by atoms with Crippen LogP contribution in [0.15, 0.2) is 36.8 Å². The Hall–Kier alpha value is -2.43. The van der Waals surface area contributed by atoms with E-state index < -0.39 is 0 Å². The minimum atomic E-state index is -0.0157. The number of H-pyrrole nitrogens is 1. The van der Waals surface area contributed by atoms with Crippen LogP contribution in [-0.4, -0.2) is 25.0 Å². The van der Waals surface area contributed by atoms with Crippen LogP contribution >= 0.6 is 0 Å². The van der Waals surface area contributed by atoms with E-state index in [1.54, 1.807) is 36.8 Å². The summed E-state index contributed by atoms with van der Waals surface area (Å²) in [5.74, 6) is 0.466. The van der Waals surface area contributed by atoms with Crippen LogP contribution < -0.4 is 0 Å². The standard InChI is InChI=1S/C11H8N4O/c16-11-8-3-6-13-10(8)14-9(15-11)7-1-4-12-5-2-7/h1-6H,(H2,13,14,15,16). The normalized spacial score (nSPS) is 10.8. The zero-order valence-electron chi connectivity index (χ0n) is 8.25. The molecular weight excluding hydrogens is 204 g/mol. The van der Waals surface area contributed by atoms with E-state index in [0.29, 0.717) is 16.9 Å². The first kappa shape index (κ1) is 8.84. The zero-order valence-corrected chi connectivity index (χ0v) is 8.25. The van der Waals surface area contributed by atoms with Gasteiger partial charge in [-0.05, 0) is 18.2 Å². The lowest BCUT2D eigenvalue weighted by molar-refractivity contribution is 0.460. The molecule has 0 saturated carbocycles. The van der Waals surface area contributed by atoms with Crippen LogP contribution in [0.2, 0.25) is 0 Å². The molecule has 0 bridgehead atoms. The van der Waals surface area contributed by atoms with Gasteiger partial charge >= 0.3 is 0 Å². The lowest BCUT2D eigenvalue weighted by Crippen LogP contribution is -1.90. The molecule has 3 heterocycles. The van der Waals surface area contributed by atoms with Gasteiger partial charge in [-0.2, -0.15) is 4.98 Å². The second-order valence-corrected chi connectivity index (χ2v) is 3.35. The summed E-state index contributed by atoms with van der Waals surface area (Å²) < 4.78 is 0. The number of fused-ring (bicyclic) bond motifs is 1. The molecule has 5 heteroatoms. The Morgan fingerprint density at radius 2 is 1.88 bits per heavy atom. The van der Waals surface area contributed by atoms with Crippen molar-refractivity contribution in [2.45, 2.75) is 0 Å². The number of nitrogens with one attached hydrogen (secondary N) is 1. The average molecular weight is 212 g/mol. The van der Waals surface area contributed by atoms with Crippen LogP contribution in [0.3, 0.4) is 0 Å². The molecule has 16 heavy (non-hydrogen) atoms. The van der Waals surface area contributed by atoms with E-state index in [-0.39, 0.29) is 5.88 Å². The molecule has 3 rings (SSSR count). The minimum Gasteiger partial charge on any atom is -0.493 e. The van der Waals surface area contributed by atoms with Crippen LogP contribution in [-0.2, 0) is 0 Å². The second-order valence-electron chi connectivity index (χ2n) is 3.35. The number of nitrogens with zero attached hydrogens (tertiary/aromatic N) is 3. The first-order chi connectivity index (χ1) is 7.84. The van der Waals surface area contributed by atoms with Crippen LogP contribution in [0, 0.1) is 0 Å². The summed E-state index contributed by atoms with van der Waals surface area (Å²) in [6, 6.07) is 5.33. The highest BCUT2D eigenvalue weighted by atomic mass is 16.3. The maximum Gasteiger partial charge on any atom is 0.224 e. The van der Waals surface area contributed by atoms with E-state index in [0.717, 1.165) is 5.56 Å². The number of aromatic amines is 1. The second kappa shape index (κ2) is 3.30. The van der Waals surface area contributed by atoms with Crippen molar-refractivity contribution in [3.05, 3.63) is 36.8 Å². The van der Waals surface area contributed by atoms with Gasteiger partial charge in [-0.1, -0.05) is 0 Å². The Bertz CT molecular complexity index is 633. The number of aromatic hydroxyl groups is 1. The van der Waals surface area contributed by atoms with Gasteiger partial charge in [0.1, 0.15) is 5.65 Å². The first-order valence-electron chi connectivity index (χ1n) is 4.79. The van der Waals surface area contributed by atoms with Crippen molar-refractivity contribution in [3.63, 3.8) is 0 Å². The molecule has 0 spiro atoms. The summed E-state index contributed by atoms with van der Waals surface area (Å²) in [4.78, 5) is 15.2. The Labute approximate surface area is 90.8 Å². The Morgan fingerprint density at radius 1 is 1.06 bits per heavy atom. The van der Waals surface area contributed by atoms with Crippen molar-refractivity contribution in [3.8, 4) is 17.3 Å². The van der Waals surface area contributed by atoms with Crippen LogP contribution in [0.5, 0.6) is 5.88 Å². The van der Waals surface area contributed by atoms with Crippen LogP contribution in [0.1, 0.15) is 0 Å². The van der Waals surface area contributed by atoms with Gasteiger partial charge in [-0.25, -0.2) is 4.98 Å². The molecule has 78 valence electrons. The fourth-order valence-corrected chi connectivity index (χ4v) is 1.56. The van der Waals surface area contributed by atoms with Crippen LogP contribution in [0.25, 0.3) is 22.4 Å². The van der Waals surface area contributed by atoms with E-state index in [1.807, 2.05) is 0 Å². The molecular formula is C11H8N4O. The van der Waals surface area contributed by atoms with Gasteiger partial charge in [0.15, 0.2) is 5.82 Å². The van der Waals surface area contributed by atoms with Gasteiger partial charge in [0.25, 0.3) is 0 Å². The van der Waals surface area contributed by atoms with Crippen molar-refractivity contribution in [2.75, 3.05) is 0 Å². The van der Waals surface area contributed by atoms with Crippen molar-refractivity contribution in [2.24, 2.45) is 0 Å². The molecule has 0 fully saturated rings. The number of pyridine rings is 1. The van der Waals surface area contributed by atoms with Crippen molar-refractivity contribution < 1.29 is 5.11 Å². The highest BCUT2D eigenvalue weighted by molar-refractivity contribution is 5.82. The molecule has 0 atom stereocenters. The molecule has 0 saturated heterocycles. The highest BCUT2D eigenvalue weighted by Crippen LogP contribution is 2.23. The van der Waals surface area contributed by atoms with E-state index in [2.05, 4.69) is 19.9 Å². The van der Waals surface area contributed by atoms with Crippen molar-refractivity contribution >= 4 is 11.0 Å². The third-order valence-corrected chi connectivity index (χ3v) is 2.33. The van der Waals surface area contributed by atoms with Crippen molar-refractivity contribution in [1.29, 1.82) is 0 Å². The summed E-state index contributed by atoms with van der Waals surface area (Å²) in [7, 11) is 0. The lowest BCUT2D eigenvalue weighted by Gasteiger charge is -2.00. The predicted octanol–water partition coefficient (Wildman–Crippen LogP) is 1.73. The van der Waals surface area contributed by atoms with E-state index in [9.17, 15) is 5.11 Å². The molecule has 0 aliphatic heterocycles. The summed E-state index contributed by atoms with van der Waals surface area (Å²) in [5.41, 5.74) is 1.45. The Kier molecular flexibility index (Phi) is 1.83. The number of aromatic nitrogens is 4. The maximum absolute atomic E-state index is 9.72. The van der Waals surface area contributed by atoms with Gasteiger partial charge in [-0.15, -0.1) is 0 Å². The Balaban J connectivity index is 2.25. The smallest absolute Gasteiger partial charge is 0.224 e. The van der Waals surface area contributed by atoms with E-state index in [1.165, 1.54) is 0 Å². The largest absolute Gasteiger partial charge is 0.493 e. The fraction of sp³-hybridized carbons (Fsp3) is 0. The Morgan fingerprint density at radius 3 is 2.69 bits per heavy atom. The summed E-state index contributed by atoms with van der Waals surface area (Å²) in [5, 5.41) is 10.3. The van der Waals surface area contributed by atoms with E-state index in [4.69, 9.17) is 0 Å². The number of rotatable bonds is 1. The average Bonchev–Trinajstić information content (AvgIpc) is 2.79. The predicted molar refractivity (Wildman–Crippen MR) is 58.8 cm³/mol. The van der Waals surface area contributed by atoms with Crippen molar-refractivity contribution in [1.82, 2.24) is 19.9 Å². The molecule has 3 aromatic rings. The van der Waals surface area contributed by atoms with Gasteiger partial charge in [0, 0.05) is 24.2 Å². The topological polar surface area (TPSA) is 74.7 Å². The minimum absolute atomic E-state index is 0.0157. The molecule has 0 aliphatic rings. The maximum atomic E-state index is 9.72.